The van der Waals surface area contributed by atoms with Gasteiger partial charge in [0.25, 0.3) is 0 Å². The van der Waals surface area contributed by atoms with E-state index in [2.05, 4.69) is 10.2 Å². The Morgan fingerprint density at radius 3 is 2.80 bits per heavy atom. The molecular weight excluding hydrogens is 259 g/mol. The summed E-state index contributed by atoms with van der Waals surface area (Å²) in [5.41, 5.74) is 0.487. The standard InChI is InChI=1S/C15H23FN2O2/c1-18(9-3-2-4-11-19)10-8-15(20)17-14-7-5-6-13(16)12-14/h5-7,12,19H,2-4,8-11H2,1H3,(H,17,20). The van der Waals surface area contributed by atoms with Gasteiger partial charge >= 0.3 is 0 Å². The van der Waals surface area contributed by atoms with Gasteiger partial charge in [0.1, 0.15) is 5.82 Å². The van der Waals surface area contributed by atoms with E-state index in [1.165, 1.54) is 12.1 Å². The average molecular weight is 282 g/mol. The second kappa shape index (κ2) is 9.44. The fraction of sp³-hybridized carbons (Fsp3) is 0.533. The number of hydrogen-bond donors (Lipinski definition) is 2. The zero-order chi connectivity index (χ0) is 14.8. The second-order valence-electron chi connectivity index (χ2n) is 4.90. The molecule has 0 aromatic heterocycles. The van der Waals surface area contributed by atoms with Gasteiger partial charge in [-0.2, -0.15) is 0 Å². The maximum absolute atomic E-state index is 13.0. The van der Waals surface area contributed by atoms with Gasteiger partial charge in [-0.15, -0.1) is 0 Å². The second-order valence-corrected chi connectivity index (χ2v) is 4.90. The summed E-state index contributed by atoms with van der Waals surface area (Å²) in [5, 5.41) is 11.3. The maximum atomic E-state index is 13.0. The van der Waals surface area contributed by atoms with Gasteiger partial charge in [0.05, 0.1) is 0 Å². The average Bonchev–Trinajstić information content (AvgIpc) is 2.41. The molecule has 1 rings (SSSR count). The maximum Gasteiger partial charge on any atom is 0.225 e. The molecule has 0 spiro atoms. The molecule has 0 aliphatic rings. The summed E-state index contributed by atoms with van der Waals surface area (Å²) >= 11 is 0. The molecule has 1 amide bonds. The molecule has 2 N–H and O–H groups in total. The highest BCUT2D eigenvalue weighted by Gasteiger charge is 2.05. The molecule has 0 aliphatic heterocycles. The first-order valence-corrected chi connectivity index (χ1v) is 6.96. The van der Waals surface area contributed by atoms with Crippen LogP contribution in [0, 0.1) is 5.82 Å². The van der Waals surface area contributed by atoms with Gasteiger partial charge < -0.3 is 15.3 Å². The highest BCUT2D eigenvalue weighted by Crippen LogP contribution is 2.09. The number of rotatable bonds is 9. The summed E-state index contributed by atoms with van der Waals surface area (Å²) < 4.78 is 13.0. The van der Waals surface area contributed by atoms with Crippen LogP contribution in [0.5, 0.6) is 0 Å². The van der Waals surface area contributed by atoms with E-state index in [-0.39, 0.29) is 18.3 Å². The van der Waals surface area contributed by atoms with E-state index in [9.17, 15) is 9.18 Å². The number of nitrogens with zero attached hydrogens (tertiary/aromatic N) is 1. The van der Waals surface area contributed by atoms with Crippen LogP contribution in [0.15, 0.2) is 24.3 Å². The summed E-state index contributed by atoms with van der Waals surface area (Å²) in [6.45, 7) is 1.81. The lowest BCUT2D eigenvalue weighted by molar-refractivity contribution is -0.116. The zero-order valence-corrected chi connectivity index (χ0v) is 11.9. The normalized spacial score (nSPS) is 10.8. The molecule has 112 valence electrons. The van der Waals surface area contributed by atoms with Crippen LogP contribution in [-0.2, 0) is 4.79 Å². The van der Waals surface area contributed by atoms with Crippen LogP contribution >= 0.6 is 0 Å². The van der Waals surface area contributed by atoms with Crippen LogP contribution in [0.4, 0.5) is 10.1 Å². The number of carbonyl (C=O) groups excluding carboxylic acids is 1. The number of aliphatic hydroxyl groups excluding tert-OH is 1. The Bertz CT molecular complexity index is 413. The van der Waals surface area contributed by atoms with E-state index in [4.69, 9.17) is 5.11 Å². The van der Waals surface area contributed by atoms with Gasteiger partial charge in [0.2, 0.25) is 5.91 Å². The third-order valence-corrected chi connectivity index (χ3v) is 3.03. The monoisotopic (exact) mass is 282 g/mol. The van der Waals surface area contributed by atoms with Gasteiger partial charge in [-0.1, -0.05) is 6.07 Å². The molecule has 4 nitrogen and oxygen atoms in total. The molecule has 20 heavy (non-hydrogen) atoms. The van der Waals surface area contributed by atoms with Gasteiger partial charge in [0.15, 0.2) is 0 Å². The first-order chi connectivity index (χ1) is 9.61. The molecule has 0 bridgehead atoms. The van der Waals surface area contributed by atoms with Crippen molar-refractivity contribution in [2.45, 2.75) is 25.7 Å². The lowest BCUT2D eigenvalue weighted by Crippen LogP contribution is -2.25. The fourth-order valence-corrected chi connectivity index (χ4v) is 1.86. The van der Waals surface area contributed by atoms with Crippen molar-refractivity contribution in [3.63, 3.8) is 0 Å². The summed E-state index contributed by atoms with van der Waals surface area (Å²) in [4.78, 5) is 13.8. The van der Waals surface area contributed by atoms with Crippen molar-refractivity contribution in [1.82, 2.24) is 4.90 Å². The number of nitrogens with one attached hydrogen (secondary N) is 1. The molecular formula is C15H23FN2O2. The number of carbonyl (C=O) groups is 1. The summed E-state index contributed by atoms with van der Waals surface area (Å²) in [5.74, 6) is -0.471. The van der Waals surface area contributed by atoms with E-state index in [1.54, 1.807) is 12.1 Å². The first kappa shape index (κ1) is 16.6. The van der Waals surface area contributed by atoms with Gasteiger partial charge in [-0.25, -0.2) is 4.39 Å². The Labute approximate surface area is 119 Å². The third-order valence-electron chi connectivity index (χ3n) is 3.03. The van der Waals surface area contributed by atoms with Gasteiger partial charge in [-0.3, -0.25) is 4.79 Å². The number of unbranched alkanes of at least 4 members (excludes halogenated alkanes) is 2. The van der Waals surface area contributed by atoms with E-state index in [1.807, 2.05) is 7.05 Å². The minimum absolute atomic E-state index is 0.113. The van der Waals surface area contributed by atoms with E-state index >= 15 is 0 Å². The predicted molar refractivity (Wildman–Crippen MR) is 78.1 cm³/mol. The van der Waals surface area contributed by atoms with Crippen molar-refractivity contribution in [3.8, 4) is 0 Å². The van der Waals surface area contributed by atoms with E-state index in [0.717, 1.165) is 25.8 Å². The molecule has 0 radical (unpaired) electrons. The van der Waals surface area contributed by atoms with Crippen LogP contribution in [0.2, 0.25) is 0 Å². The Hall–Kier alpha value is -1.46. The molecule has 5 heteroatoms. The van der Waals surface area contributed by atoms with Crippen molar-refractivity contribution in [2.75, 3.05) is 32.1 Å². The van der Waals surface area contributed by atoms with Gasteiger partial charge in [-0.05, 0) is 51.1 Å². The molecule has 0 unspecified atom stereocenters. The molecule has 0 saturated carbocycles. The molecule has 0 atom stereocenters. The molecule has 1 aromatic carbocycles. The largest absolute Gasteiger partial charge is 0.396 e. The number of halogens is 1. The number of aliphatic hydroxyl groups is 1. The fourth-order valence-electron chi connectivity index (χ4n) is 1.86. The Kier molecular flexibility index (Phi) is 7.84. The van der Waals surface area contributed by atoms with Crippen LogP contribution in [0.3, 0.4) is 0 Å². The van der Waals surface area contributed by atoms with Crippen molar-refractivity contribution >= 4 is 11.6 Å². The Morgan fingerprint density at radius 1 is 1.30 bits per heavy atom. The first-order valence-electron chi connectivity index (χ1n) is 6.96. The summed E-state index contributed by atoms with van der Waals surface area (Å²) in [6.07, 6.45) is 3.22. The molecule has 0 aliphatic carbocycles. The SMILES string of the molecule is CN(CCCCCO)CCC(=O)Nc1cccc(F)c1. The quantitative estimate of drug-likeness (QED) is 0.683. The van der Waals surface area contributed by atoms with E-state index < -0.39 is 0 Å². The minimum atomic E-state index is -0.358. The number of amides is 1. The molecule has 0 saturated heterocycles. The third kappa shape index (κ3) is 7.21. The minimum Gasteiger partial charge on any atom is -0.396 e. The predicted octanol–water partition coefficient (Wildman–Crippen LogP) is 2.25. The number of hydrogen-bond acceptors (Lipinski definition) is 3. The number of anilines is 1. The van der Waals surface area contributed by atoms with Crippen LogP contribution < -0.4 is 5.32 Å². The number of benzene rings is 1. The van der Waals surface area contributed by atoms with Crippen LogP contribution in [0.1, 0.15) is 25.7 Å². The summed E-state index contributed by atoms with van der Waals surface area (Å²) in [6, 6.07) is 5.88. The zero-order valence-electron chi connectivity index (χ0n) is 11.9. The lowest BCUT2D eigenvalue weighted by Gasteiger charge is -2.16. The van der Waals surface area contributed by atoms with Crippen LogP contribution in [-0.4, -0.2) is 42.7 Å². The molecule has 0 heterocycles. The molecule has 0 fully saturated rings. The Morgan fingerprint density at radius 2 is 2.10 bits per heavy atom. The van der Waals surface area contributed by atoms with Crippen molar-refractivity contribution in [3.05, 3.63) is 30.1 Å². The van der Waals surface area contributed by atoms with Crippen molar-refractivity contribution in [1.29, 1.82) is 0 Å². The highest BCUT2D eigenvalue weighted by molar-refractivity contribution is 5.90. The summed E-state index contributed by atoms with van der Waals surface area (Å²) in [7, 11) is 1.97. The van der Waals surface area contributed by atoms with Crippen molar-refractivity contribution < 1.29 is 14.3 Å². The Balaban J connectivity index is 2.19. The smallest absolute Gasteiger partial charge is 0.225 e. The van der Waals surface area contributed by atoms with E-state index in [0.29, 0.717) is 18.7 Å². The van der Waals surface area contributed by atoms with Crippen LogP contribution in [0.25, 0.3) is 0 Å². The lowest BCUT2D eigenvalue weighted by atomic mass is 10.2. The topological polar surface area (TPSA) is 52.6 Å². The van der Waals surface area contributed by atoms with Gasteiger partial charge in [0, 0.05) is 25.3 Å². The molecule has 1 aromatic rings. The van der Waals surface area contributed by atoms with Crippen molar-refractivity contribution in [2.24, 2.45) is 0 Å². The highest BCUT2D eigenvalue weighted by atomic mass is 19.1.